The summed E-state index contributed by atoms with van der Waals surface area (Å²) >= 11 is 0. The lowest BCUT2D eigenvalue weighted by molar-refractivity contribution is 0.0184. The van der Waals surface area contributed by atoms with Gasteiger partial charge >= 0.3 is 0 Å². The Morgan fingerprint density at radius 1 is 1.57 bits per heavy atom. The topological polar surface area (TPSA) is 39.1 Å². The molecule has 4 nitrogen and oxygen atoms in total. The zero-order valence-corrected chi connectivity index (χ0v) is 9.16. The van der Waals surface area contributed by atoms with E-state index in [0.29, 0.717) is 12.5 Å². The zero-order valence-electron chi connectivity index (χ0n) is 9.16. The average molecular weight is 197 g/mol. The largest absolute Gasteiger partial charge is 0.301 e. The van der Waals surface area contributed by atoms with Gasteiger partial charge in [-0.2, -0.15) is 10.6 Å². The van der Waals surface area contributed by atoms with E-state index in [1.807, 2.05) is 16.9 Å². The molecule has 1 heterocycles. The molecule has 1 rings (SSSR count). The maximum Gasteiger partial charge on any atom is 0.0705 e. The van der Waals surface area contributed by atoms with Gasteiger partial charge in [-0.1, -0.05) is 13.8 Å². The molecule has 1 N–H and O–H groups in total. The van der Waals surface area contributed by atoms with Crippen molar-refractivity contribution < 1.29 is 4.84 Å². The van der Waals surface area contributed by atoms with E-state index >= 15 is 0 Å². The minimum Gasteiger partial charge on any atom is -0.301 e. The highest BCUT2D eigenvalue weighted by Gasteiger charge is 2.00. The fourth-order valence-corrected chi connectivity index (χ4v) is 1.15. The number of aryl methyl sites for hydroxylation is 1. The second-order valence-corrected chi connectivity index (χ2v) is 3.66. The number of nitrogens with zero attached hydrogens (tertiary/aromatic N) is 2. The van der Waals surface area contributed by atoms with E-state index in [9.17, 15) is 0 Å². The van der Waals surface area contributed by atoms with Gasteiger partial charge in [0.1, 0.15) is 0 Å². The molecule has 0 fully saturated rings. The predicted molar refractivity (Wildman–Crippen MR) is 55.5 cm³/mol. The quantitative estimate of drug-likeness (QED) is 0.556. The van der Waals surface area contributed by atoms with Crippen LogP contribution in [0.3, 0.4) is 0 Å². The predicted octanol–water partition coefficient (Wildman–Crippen LogP) is 1.58. The Labute approximate surface area is 85.2 Å². The van der Waals surface area contributed by atoms with Crippen LogP contribution in [0.5, 0.6) is 0 Å². The Balaban J connectivity index is 2.24. The number of aromatic nitrogens is 2. The van der Waals surface area contributed by atoms with Crippen molar-refractivity contribution in [1.29, 1.82) is 0 Å². The van der Waals surface area contributed by atoms with E-state index in [4.69, 9.17) is 4.84 Å². The molecule has 80 valence electrons. The average Bonchev–Trinajstić information content (AvgIpc) is 2.59. The van der Waals surface area contributed by atoms with Crippen LogP contribution in [0, 0.1) is 5.92 Å². The number of rotatable bonds is 6. The number of hydrogen-bond donors (Lipinski definition) is 1. The summed E-state index contributed by atoms with van der Waals surface area (Å²) < 4.78 is 1.95. The normalized spacial score (nSPS) is 11.1. The van der Waals surface area contributed by atoms with E-state index < -0.39 is 0 Å². The number of nitrogens with one attached hydrogen (secondary N) is 1. The Morgan fingerprint density at radius 2 is 2.36 bits per heavy atom. The molecule has 0 aliphatic carbocycles. The Kier molecular flexibility index (Phi) is 4.62. The maximum absolute atomic E-state index is 5.28. The molecule has 0 atom stereocenters. The van der Waals surface area contributed by atoms with E-state index in [2.05, 4.69) is 31.3 Å². The van der Waals surface area contributed by atoms with Crippen molar-refractivity contribution >= 4 is 0 Å². The van der Waals surface area contributed by atoms with Crippen molar-refractivity contribution in [1.82, 2.24) is 15.3 Å². The molecule has 1 aromatic heterocycles. The van der Waals surface area contributed by atoms with Gasteiger partial charge in [0, 0.05) is 12.7 Å². The van der Waals surface area contributed by atoms with Gasteiger partial charge in [0.25, 0.3) is 0 Å². The Morgan fingerprint density at radius 3 is 3.00 bits per heavy atom. The smallest absolute Gasteiger partial charge is 0.0705 e. The van der Waals surface area contributed by atoms with Gasteiger partial charge in [-0.3, -0.25) is 4.68 Å². The summed E-state index contributed by atoms with van der Waals surface area (Å²) in [5.74, 6) is 0.554. The summed E-state index contributed by atoms with van der Waals surface area (Å²) in [4.78, 5) is 5.28. The first-order valence-electron chi connectivity index (χ1n) is 5.09. The van der Waals surface area contributed by atoms with Crippen LogP contribution < -0.4 is 5.48 Å². The summed E-state index contributed by atoms with van der Waals surface area (Å²) in [5.41, 5.74) is 4.08. The van der Waals surface area contributed by atoms with Crippen LogP contribution in [0.15, 0.2) is 12.3 Å². The van der Waals surface area contributed by atoms with E-state index in [1.54, 1.807) is 0 Å². The zero-order chi connectivity index (χ0) is 10.4. The highest BCUT2D eigenvalue weighted by Crippen LogP contribution is 1.98. The van der Waals surface area contributed by atoms with Crippen molar-refractivity contribution in [2.24, 2.45) is 5.92 Å². The molecule has 1 aromatic rings. The van der Waals surface area contributed by atoms with Crippen LogP contribution >= 0.6 is 0 Å². The molecule has 0 spiro atoms. The highest BCUT2D eigenvalue weighted by molar-refractivity contribution is 4.99. The van der Waals surface area contributed by atoms with Crippen molar-refractivity contribution in [2.75, 3.05) is 6.61 Å². The lowest BCUT2D eigenvalue weighted by Gasteiger charge is -2.08. The van der Waals surface area contributed by atoms with Gasteiger partial charge in [-0.25, -0.2) is 0 Å². The number of hydroxylamine groups is 1. The molecule has 0 aliphatic heterocycles. The first kappa shape index (κ1) is 11.2. The molecule has 14 heavy (non-hydrogen) atoms. The second kappa shape index (κ2) is 5.78. The van der Waals surface area contributed by atoms with Gasteiger partial charge in [-0.15, -0.1) is 0 Å². The van der Waals surface area contributed by atoms with Crippen LogP contribution in [-0.4, -0.2) is 16.4 Å². The summed E-state index contributed by atoms with van der Waals surface area (Å²) in [7, 11) is 0. The first-order valence-corrected chi connectivity index (χ1v) is 5.09. The van der Waals surface area contributed by atoms with E-state index in [-0.39, 0.29) is 0 Å². The van der Waals surface area contributed by atoms with Crippen LogP contribution in [0.1, 0.15) is 26.5 Å². The Hall–Kier alpha value is -0.870. The third-order valence-corrected chi connectivity index (χ3v) is 1.88. The maximum atomic E-state index is 5.28. The summed E-state index contributed by atoms with van der Waals surface area (Å²) in [6.07, 6.45) is 1.81. The van der Waals surface area contributed by atoms with Gasteiger partial charge in [-0.05, 0) is 18.9 Å². The summed E-state index contributed by atoms with van der Waals surface area (Å²) in [5, 5.41) is 4.17. The van der Waals surface area contributed by atoms with Gasteiger partial charge in [0.15, 0.2) is 0 Å². The molecule has 4 heteroatoms. The van der Waals surface area contributed by atoms with Gasteiger partial charge in [0.05, 0.1) is 18.8 Å². The molecule has 0 unspecified atom stereocenters. The monoisotopic (exact) mass is 197 g/mol. The van der Waals surface area contributed by atoms with Crippen molar-refractivity contribution in [2.45, 2.75) is 33.9 Å². The fourth-order valence-electron chi connectivity index (χ4n) is 1.15. The first-order chi connectivity index (χ1) is 6.74. The van der Waals surface area contributed by atoms with E-state index in [1.165, 1.54) is 0 Å². The lowest BCUT2D eigenvalue weighted by Crippen LogP contribution is -2.19. The number of hydrogen-bond acceptors (Lipinski definition) is 3. The third kappa shape index (κ3) is 3.47. The van der Waals surface area contributed by atoms with Gasteiger partial charge < -0.3 is 4.84 Å². The van der Waals surface area contributed by atoms with Crippen LogP contribution in [0.25, 0.3) is 0 Å². The second-order valence-electron chi connectivity index (χ2n) is 3.66. The summed E-state index contributed by atoms with van der Waals surface area (Å²) in [6, 6.07) is 2.00. The van der Waals surface area contributed by atoms with Crippen LogP contribution in [0.4, 0.5) is 0 Å². The van der Waals surface area contributed by atoms with E-state index in [0.717, 1.165) is 18.8 Å². The van der Waals surface area contributed by atoms with Crippen molar-refractivity contribution in [3.63, 3.8) is 0 Å². The van der Waals surface area contributed by atoms with Crippen molar-refractivity contribution in [3.05, 3.63) is 18.0 Å². The molecule has 0 amide bonds. The molecule has 0 aromatic carbocycles. The lowest BCUT2D eigenvalue weighted by atomic mass is 10.2. The van der Waals surface area contributed by atoms with Gasteiger partial charge in [0.2, 0.25) is 0 Å². The third-order valence-electron chi connectivity index (χ3n) is 1.88. The molecule has 0 aliphatic rings. The van der Waals surface area contributed by atoms with Crippen LogP contribution in [-0.2, 0) is 17.9 Å². The molecule has 0 saturated heterocycles. The van der Waals surface area contributed by atoms with Crippen LogP contribution in [0.2, 0.25) is 0 Å². The molecule has 0 radical (unpaired) electrons. The highest BCUT2D eigenvalue weighted by atomic mass is 16.6. The minimum atomic E-state index is 0.554. The molecule has 0 bridgehead atoms. The summed E-state index contributed by atoms with van der Waals surface area (Å²) in [6.45, 7) is 8.66. The minimum absolute atomic E-state index is 0.554. The molecule has 0 saturated carbocycles. The fraction of sp³-hybridized carbons (Fsp3) is 0.700. The SMILES string of the molecule is CCn1nccc1CNOCC(C)C. The molecular formula is C10H19N3O. The standard InChI is InChI=1S/C10H19N3O/c1-4-13-10(5-6-11-13)7-12-14-8-9(2)3/h5-6,9,12H,4,7-8H2,1-3H3. The van der Waals surface area contributed by atoms with Crippen molar-refractivity contribution in [3.8, 4) is 0 Å². The molecular weight excluding hydrogens is 178 g/mol. The Bertz CT molecular complexity index is 258.